The third kappa shape index (κ3) is 9.07. The van der Waals surface area contributed by atoms with Crippen LogP contribution >= 0.6 is 24.0 Å². The molecule has 1 aliphatic rings. The number of nitrogens with zero attached hydrogens (tertiary/aromatic N) is 2. The molecular weight excluding hydrogens is 409 g/mol. The van der Waals surface area contributed by atoms with Crippen molar-refractivity contribution in [2.24, 2.45) is 4.99 Å². The Morgan fingerprint density at radius 2 is 1.87 bits per heavy atom. The van der Waals surface area contributed by atoms with Crippen LogP contribution in [0.15, 0.2) is 4.99 Å². The van der Waals surface area contributed by atoms with E-state index in [0.29, 0.717) is 6.10 Å². The average molecular weight is 443 g/mol. The minimum absolute atomic E-state index is 0. The average Bonchev–Trinajstić information content (AvgIpc) is 2.53. The third-order valence-electron chi connectivity index (χ3n) is 4.02. The van der Waals surface area contributed by atoms with Gasteiger partial charge >= 0.3 is 0 Å². The lowest BCUT2D eigenvalue weighted by Gasteiger charge is -2.35. The van der Waals surface area contributed by atoms with Crippen molar-refractivity contribution >= 4 is 29.9 Å². The van der Waals surface area contributed by atoms with Crippen LogP contribution in [0.1, 0.15) is 33.1 Å². The Morgan fingerprint density at radius 1 is 1.22 bits per heavy atom. The van der Waals surface area contributed by atoms with Crippen LogP contribution in [0.4, 0.5) is 0 Å². The SMILES string of the molecule is CN=C(NCC(C)(C)OC)N1CCC(OCCCOC)CC1.I. The first-order valence-corrected chi connectivity index (χ1v) is 8.13. The van der Waals surface area contributed by atoms with E-state index in [0.717, 1.165) is 58.1 Å². The van der Waals surface area contributed by atoms with Crippen molar-refractivity contribution in [3.8, 4) is 0 Å². The molecule has 0 saturated carbocycles. The summed E-state index contributed by atoms with van der Waals surface area (Å²) in [7, 11) is 5.29. The highest BCUT2D eigenvalue weighted by atomic mass is 127. The van der Waals surface area contributed by atoms with Crippen molar-refractivity contribution in [1.29, 1.82) is 0 Å². The summed E-state index contributed by atoms with van der Waals surface area (Å²) >= 11 is 0. The molecule has 0 radical (unpaired) electrons. The van der Waals surface area contributed by atoms with Gasteiger partial charge in [-0.05, 0) is 33.1 Å². The van der Waals surface area contributed by atoms with E-state index in [9.17, 15) is 0 Å². The van der Waals surface area contributed by atoms with Crippen LogP contribution in [0.5, 0.6) is 0 Å². The van der Waals surface area contributed by atoms with E-state index in [1.165, 1.54) is 0 Å². The fraction of sp³-hybridized carbons (Fsp3) is 0.938. The fourth-order valence-electron chi connectivity index (χ4n) is 2.38. The lowest BCUT2D eigenvalue weighted by atomic mass is 10.1. The molecule has 0 aromatic rings. The summed E-state index contributed by atoms with van der Waals surface area (Å²) in [6.07, 6.45) is 3.41. The van der Waals surface area contributed by atoms with Gasteiger partial charge in [0.15, 0.2) is 5.96 Å². The molecule has 1 heterocycles. The minimum Gasteiger partial charge on any atom is -0.385 e. The monoisotopic (exact) mass is 443 g/mol. The summed E-state index contributed by atoms with van der Waals surface area (Å²) < 4.78 is 16.4. The van der Waals surface area contributed by atoms with Gasteiger partial charge < -0.3 is 24.4 Å². The van der Waals surface area contributed by atoms with Gasteiger partial charge in [0, 0.05) is 54.1 Å². The number of piperidine rings is 1. The summed E-state index contributed by atoms with van der Waals surface area (Å²) in [6.45, 7) is 8.37. The first kappa shape index (κ1) is 22.9. The zero-order valence-electron chi connectivity index (χ0n) is 15.3. The Balaban J connectivity index is 0.00000484. The standard InChI is InChI=1S/C16H33N3O3.HI/c1-16(2,21-5)13-18-15(17-3)19-9-7-14(8-10-19)22-12-6-11-20-4;/h14H,6-13H2,1-5H3,(H,17,18);1H. The maximum Gasteiger partial charge on any atom is 0.193 e. The molecule has 1 aliphatic heterocycles. The Hall–Kier alpha value is -0.120. The fourth-order valence-corrected chi connectivity index (χ4v) is 2.38. The van der Waals surface area contributed by atoms with E-state index in [4.69, 9.17) is 14.2 Å². The molecular formula is C16H34IN3O3. The van der Waals surface area contributed by atoms with Crippen molar-refractivity contribution in [2.75, 3.05) is 54.1 Å². The summed E-state index contributed by atoms with van der Waals surface area (Å²) in [4.78, 5) is 6.67. The van der Waals surface area contributed by atoms with E-state index >= 15 is 0 Å². The molecule has 1 N–H and O–H groups in total. The highest BCUT2D eigenvalue weighted by Crippen LogP contribution is 2.14. The predicted molar refractivity (Wildman–Crippen MR) is 105 cm³/mol. The summed E-state index contributed by atoms with van der Waals surface area (Å²) in [5.74, 6) is 0.947. The molecule has 0 spiro atoms. The van der Waals surface area contributed by atoms with E-state index < -0.39 is 0 Å². The van der Waals surface area contributed by atoms with Gasteiger partial charge in [-0.1, -0.05) is 0 Å². The largest absolute Gasteiger partial charge is 0.385 e. The second-order valence-electron chi connectivity index (χ2n) is 6.27. The van der Waals surface area contributed by atoms with Crippen LogP contribution in [0.2, 0.25) is 0 Å². The first-order valence-electron chi connectivity index (χ1n) is 8.13. The van der Waals surface area contributed by atoms with Gasteiger partial charge in [0.2, 0.25) is 0 Å². The van der Waals surface area contributed by atoms with Crippen molar-refractivity contribution in [2.45, 2.75) is 44.8 Å². The molecule has 1 saturated heterocycles. The van der Waals surface area contributed by atoms with Crippen LogP contribution in [0.25, 0.3) is 0 Å². The van der Waals surface area contributed by atoms with Gasteiger partial charge in [0.05, 0.1) is 11.7 Å². The molecule has 6 nitrogen and oxygen atoms in total. The molecule has 0 amide bonds. The van der Waals surface area contributed by atoms with Gasteiger partial charge in [0.25, 0.3) is 0 Å². The predicted octanol–water partition coefficient (Wildman–Crippen LogP) is 2.12. The van der Waals surface area contributed by atoms with Gasteiger partial charge in [-0.2, -0.15) is 0 Å². The number of hydrogen-bond acceptors (Lipinski definition) is 4. The molecule has 1 fully saturated rings. The van der Waals surface area contributed by atoms with Gasteiger partial charge in [0.1, 0.15) is 0 Å². The smallest absolute Gasteiger partial charge is 0.193 e. The van der Waals surface area contributed by atoms with Crippen molar-refractivity contribution in [3.05, 3.63) is 0 Å². The van der Waals surface area contributed by atoms with Crippen LogP contribution < -0.4 is 5.32 Å². The molecule has 138 valence electrons. The van der Waals surface area contributed by atoms with Crippen LogP contribution in [-0.2, 0) is 14.2 Å². The number of likely N-dealkylation sites (tertiary alicyclic amines) is 1. The Labute approximate surface area is 158 Å². The molecule has 0 aromatic heterocycles. The topological polar surface area (TPSA) is 55.3 Å². The summed E-state index contributed by atoms with van der Waals surface area (Å²) in [6, 6.07) is 0. The van der Waals surface area contributed by atoms with Gasteiger partial charge in [-0.25, -0.2) is 0 Å². The molecule has 0 aliphatic carbocycles. The summed E-state index contributed by atoms with van der Waals surface area (Å²) in [5.41, 5.74) is -0.196. The lowest BCUT2D eigenvalue weighted by Crippen LogP contribution is -2.50. The highest BCUT2D eigenvalue weighted by molar-refractivity contribution is 14.0. The van der Waals surface area contributed by atoms with Crippen molar-refractivity contribution < 1.29 is 14.2 Å². The number of aliphatic imine (C=N–C) groups is 1. The third-order valence-corrected chi connectivity index (χ3v) is 4.02. The Bertz CT molecular complexity index is 333. The second-order valence-corrected chi connectivity index (χ2v) is 6.27. The van der Waals surface area contributed by atoms with Crippen LogP contribution in [0, 0.1) is 0 Å². The highest BCUT2D eigenvalue weighted by Gasteiger charge is 2.23. The first-order chi connectivity index (χ1) is 10.5. The molecule has 23 heavy (non-hydrogen) atoms. The van der Waals surface area contributed by atoms with Crippen LogP contribution in [0.3, 0.4) is 0 Å². The van der Waals surface area contributed by atoms with Gasteiger partial charge in [-0.15, -0.1) is 24.0 Å². The van der Waals surface area contributed by atoms with E-state index in [1.54, 1.807) is 14.2 Å². The van der Waals surface area contributed by atoms with E-state index in [1.807, 2.05) is 7.05 Å². The number of hydrogen-bond donors (Lipinski definition) is 1. The molecule has 1 rings (SSSR count). The van der Waals surface area contributed by atoms with E-state index in [2.05, 4.69) is 29.1 Å². The molecule has 7 heteroatoms. The number of ether oxygens (including phenoxy) is 3. The Morgan fingerprint density at radius 3 is 2.39 bits per heavy atom. The number of rotatable bonds is 8. The zero-order chi connectivity index (χ0) is 16.4. The molecule has 0 bridgehead atoms. The van der Waals surface area contributed by atoms with Gasteiger partial charge in [-0.3, -0.25) is 4.99 Å². The van der Waals surface area contributed by atoms with E-state index in [-0.39, 0.29) is 29.6 Å². The quantitative estimate of drug-likeness (QED) is 0.270. The number of methoxy groups -OCH3 is 2. The van der Waals surface area contributed by atoms with Crippen molar-refractivity contribution in [3.63, 3.8) is 0 Å². The maximum absolute atomic E-state index is 5.89. The van der Waals surface area contributed by atoms with Crippen molar-refractivity contribution in [1.82, 2.24) is 10.2 Å². The molecule has 0 unspecified atom stereocenters. The molecule has 0 atom stereocenters. The number of guanidine groups is 1. The normalized spacial score (nSPS) is 17.1. The second kappa shape index (κ2) is 12.3. The zero-order valence-corrected chi connectivity index (χ0v) is 17.6. The number of halogens is 1. The Kier molecular flexibility index (Phi) is 12.2. The lowest BCUT2D eigenvalue weighted by molar-refractivity contribution is 0.00863. The molecule has 0 aromatic carbocycles. The maximum atomic E-state index is 5.89. The van der Waals surface area contributed by atoms with Crippen LogP contribution in [-0.4, -0.2) is 76.7 Å². The number of nitrogens with one attached hydrogen (secondary N) is 1. The minimum atomic E-state index is -0.196. The summed E-state index contributed by atoms with van der Waals surface area (Å²) in [5, 5.41) is 3.40.